The van der Waals surface area contributed by atoms with E-state index in [0.717, 1.165) is 12.5 Å². The number of hydrogen-bond donors (Lipinski definition) is 0. The fourth-order valence-electron chi connectivity index (χ4n) is 2.40. The molecule has 0 amide bonds. The topological polar surface area (TPSA) is 17.8 Å². The van der Waals surface area contributed by atoms with E-state index in [-0.39, 0.29) is 0 Å². The number of nitrogens with zero attached hydrogens (tertiary/aromatic N) is 2. The summed E-state index contributed by atoms with van der Waals surface area (Å²) in [7, 11) is 0. The zero-order valence-corrected chi connectivity index (χ0v) is 11.6. The Kier molecular flexibility index (Phi) is 7.78. The highest BCUT2D eigenvalue weighted by Gasteiger charge is 2.07. The lowest BCUT2D eigenvalue weighted by molar-refractivity contribution is 0.374. The molecular formula is C15H28N2. The average Bonchev–Trinajstić information content (AvgIpc) is 2.85. The van der Waals surface area contributed by atoms with Crippen molar-refractivity contribution >= 4 is 0 Å². The zero-order valence-electron chi connectivity index (χ0n) is 11.6. The second-order valence-corrected chi connectivity index (χ2v) is 5.09. The van der Waals surface area contributed by atoms with Crippen LogP contribution in [0.3, 0.4) is 0 Å². The summed E-state index contributed by atoms with van der Waals surface area (Å²) in [5.74, 6) is 0.957. The summed E-state index contributed by atoms with van der Waals surface area (Å²) in [6.07, 6.45) is 16.9. The van der Waals surface area contributed by atoms with Crippen molar-refractivity contribution in [3.8, 4) is 0 Å². The average molecular weight is 236 g/mol. The van der Waals surface area contributed by atoms with Gasteiger partial charge in [0.25, 0.3) is 0 Å². The minimum absolute atomic E-state index is 0.957. The Morgan fingerprint density at radius 1 is 1.00 bits per heavy atom. The molecule has 1 aromatic rings. The van der Waals surface area contributed by atoms with E-state index in [2.05, 4.69) is 29.6 Å². The third kappa shape index (κ3) is 6.50. The van der Waals surface area contributed by atoms with Gasteiger partial charge in [0.2, 0.25) is 0 Å². The van der Waals surface area contributed by atoms with Gasteiger partial charge in [-0.1, -0.05) is 52.4 Å². The van der Waals surface area contributed by atoms with Gasteiger partial charge in [0.15, 0.2) is 0 Å². The molecule has 1 heterocycles. The first-order valence-corrected chi connectivity index (χ1v) is 7.32. The molecule has 17 heavy (non-hydrogen) atoms. The molecule has 98 valence electrons. The summed E-state index contributed by atoms with van der Waals surface area (Å²) in [6, 6.07) is 0. The van der Waals surface area contributed by atoms with E-state index in [4.69, 9.17) is 0 Å². The van der Waals surface area contributed by atoms with Gasteiger partial charge < -0.3 is 4.57 Å². The summed E-state index contributed by atoms with van der Waals surface area (Å²) in [4.78, 5) is 4.08. The molecule has 0 radical (unpaired) electrons. The first-order chi connectivity index (χ1) is 8.36. The Labute approximate surface area is 106 Å². The van der Waals surface area contributed by atoms with Gasteiger partial charge >= 0.3 is 0 Å². The maximum atomic E-state index is 4.08. The van der Waals surface area contributed by atoms with Crippen LogP contribution in [0.2, 0.25) is 0 Å². The number of unbranched alkanes of at least 4 members (excludes halogenated alkanes) is 2. The van der Waals surface area contributed by atoms with Crippen LogP contribution in [0.25, 0.3) is 0 Å². The third-order valence-corrected chi connectivity index (χ3v) is 3.52. The number of aromatic nitrogens is 2. The molecule has 1 aromatic heterocycles. The predicted octanol–water partition coefficient (Wildman–Crippen LogP) is 4.66. The van der Waals surface area contributed by atoms with Gasteiger partial charge in [0, 0.05) is 18.9 Å². The van der Waals surface area contributed by atoms with E-state index in [1.54, 1.807) is 0 Å². The van der Waals surface area contributed by atoms with Crippen molar-refractivity contribution in [2.24, 2.45) is 5.92 Å². The quantitative estimate of drug-likeness (QED) is 0.577. The second-order valence-electron chi connectivity index (χ2n) is 5.09. The molecule has 0 aliphatic rings. The molecule has 0 fully saturated rings. The number of aryl methyl sites for hydroxylation is 1. The van der Waals surface area contributed by atoms with Crippen LogP contribution in [0, 0.1) is 5.92 Å². The van der Waals surface area contributed by atoms with E-state index in [1.807, 2.05) is 12.5 Å². The zero-order chi connectivity index (χ0) is 12.3. The molecule has 1 rings (SSSR count). The largest absolute Gasteiger partial charge is 0.337 e. The van der Waals surface area contributed by atoms with Crippen molar-refractivity contribution in [1.29, 1.82) is 0 Å². The van der Waals surface area contributed by atoms with Crippen LogP contribution in [-0.4, -0.2) is 9.55 Å². The summed E-state index contributed by atoms with van der Waals surface area (Å²) >= 11 is 0. The Morgan fingerprint density at radius 3 is 2.18 bits per heavy atom. The van der Waals surface area contributed by atoms with Gasteiger partial charge in [0.1, 0.15) is 0 Å². The fourth-order valence-corrected chi connectivity index (χ4v) is 2.40. The van der Waals surface area contributed by atoms with Crippen molar-refractivity contribution < 1.29 is 0 Å². The van der Waals surface area contributed by atoms with Gasteiger partial charge in [-0.2, -0.15) is 0 Å². The highest BCUT2D eigenvalue weighted by molar-refractivity contribution is 4.74. The summed E-state index contributed by atoms with van der Waals surface area (Å²) in [5, 5.41) is 0. The Balaban J connectivity index is 2.17. The number of imidazole rings is 1. The minimum Gasteiger partial charge on any atom is -0.337 e. The van der Waals surface area contributed by atoms with Gasteiger partial charge in [-0.05, 0) is 18.8 Å². The molecule has 0 saturated carbocycles. The first kappa shape index (κ1) is 14.3. The van der Waals surface area contributed by atoms with Crippen LogP contribution in [0.4, 0.5) is 0 Å². The highest BCUT2D eigenvalue weighted by Crippen LogP contribution is 2.21. The standard InChI is InChI=1S/C15H28N2/c1-3-5-8-15(9-6-4-2)10-7-12-17-13-11-16-14-17/h11,13-15H,3-10,12H2,1-2H3. The number of hydrogen-bond acceptors (Lipinski definition) is 1. The van der Waals surface area contributed by atoms with Crippen molar-refractivity contribution in [3.63, 3.8) is 0 Å². The fraction of sp³-hybridized carbons (Fsp3) is 0.800. The van der Waals surface area contributed by atoms with Crippen molar-refractivity contribution in [2.45, 2.75) is 71.8 Å². The van der Waals surface area contributed by atoms with E-state index in [0.29, 0.717) is 0 Å². The molecule has 0 spiro atoms. The maximum absolute atomic E-state index is 4.08. The maximum Gasteiger partial charge on any atom is 0.0945 e. The highest BCUT2D eigenvalue weighted by atomic mass is 15.0. The smallest absolute Gasteiger partial charge is 0.0945 e. The molecule has 0 aliphatic carbocycles. The molecule has 0 unspecified atom stereocenters. The van der Waals surface area contributed by atoms with Gasteiger partial charge in [-0.15, -0.1) is 0 Å². The van der Waals surface area contributed by atoms with Crippen molar-refractivity contribution in [1.82, 2.24) is 9.55 Å². The molecule has 0 atom stereocenters. The van der Waals surface area contributed by atoms with Crippen LogP contribution in [0.5, 0.6) is 0 Å². The van der Waals surface area contributed by atoms with E-state index in [9.17, 15) is 0 Å². The lowest BCUT2D eigenvalue weighted by atomic mass is 9.91. The normalized spacial score (nSPS) is 11.2. The molecular weight excluding hydrogens is 208 g/mol. The van der Waals surface area contributed by atoms with E-state index >= 15 is 0 Å². The van der Waals surface area contributed by atoms with Gasteiger partial charge in [-0.3, -0.25) is 0 Å². The van der Waals surface area contributed by atoms with Crippen LogP contribution >= 0.6 is 0 Å². The first-order valence-electron chi connectivity index (χ1n) is 7.32. The minimum atomic E-state index is 0.957. The predicted molar refractivity (Wildman–Crippen MR) is 74.0 cm³/mol. The molecule has 0 N–H and O–H groups in total. The molecule has 0 aromatic carbocycles. The lowest BCUT2D eigenvalue weighted by Gasteiger charge is -2.16. The van der Waals surface area contributed by atoms with Crippen molar-refractivity contribution in [3.05, 3.63) is 18.7 Å². The third-order valence-electron chi connectivity index (χ3n) is 3.52. The molecule has 2 heteroatoms. The van der Waals surface area contributed by atoms with Crippen molar-refractivity contribution in [2.75, 3.05) is 0 Å². The number of rotatable bonds is 10. The Bertz CT molecular complexity index is 246. The molecule has 0 bridgehead atoms. The van der Waals surface area contributed by atoms with Gasteiger partial charge in [-0.25, -0.2) is 4.98 Å². The van der Waals surface area contributed by atoms with Crippen LogP contribution < -0.4 is 0 Å². The molecule has 0 saturated heterocycles. The van der Waals surface area contributed by atoms with E-state index in [1.165, 1.54) is 51.4 Å². The Hall–Kier alpha value is -0.790. The SMILES string of the molecule is CCCCC(CCCC)CCCn1ccnc1. The van der Waals surface area contributed by atoms with Gasteiger partial charge in [0.05, 0.1) is 6.33 Å². The monoisotopic (exact) mass is 236 g/mol. The summed E-state index contributed by atoms with van der Waals surface area (Å²) in [5.41, 5.74) is 0. The Morgan fingerprint density at radius 2 is 1.65 bits per heavy atom. The van der Waals surface area contributed by atoms with E-state index < -0.39 is 0 Å². The molecule has 2 nitrogen and oxygen atoms in total. The molecule has 0 aliphatic heterocycles. The van der Waals surface area contributed by atoms with Crippen LogP contribution in [0.1, 0.15) is 65.2 Å². The summed E-state index contributed by atoms with van der Waals surface area (Å²) < 4.78 is 2.19. The lowest BCUT2D eigenvalue weighted by Crippen LogP contribution is -2.03. The van der Waals surface area contributed by atoms with Crippen LogP contribution in [0.15, 0.2) is 18.7 Å². The second kappa shape index (κ2) is 9.26. The summed E-state index contributed by atoms with van der Waals surface area (Å²) in [6.45, 7) is 5.72. The van der Waals surface area contributed by atoms with Crippen LogP contribution in [-0.2, 0) is 6.54 Å².